The molecule has 6 nitrogen and oxygen atoms in total. The Balaban J connectivity index is 2.11. The lowest BCUT2D eigenvalue weighted by atomic mass is 10.1. The standard InChI is InChI=1S/C13H13N3O3S/c1-2-4-20-5-3-14-11-8-10-9(7-13(17)15-10)6-12(11)16(18)19/h1,6,8,14H,3-5,7H2,(H,15,17). The molecule has 1 aromatic carbocycles. The Bertz CT molecular complexity index is 595. The fourth-order valence-electron chi connectivity index (χ4n) is 1.94. The maximum atomic E-state index is 11.3. The molecule has 0 bridgehead atoms. The topological polar surface area (TPSA) is 84.3 Å². The number of amides is 1. The molecule has 0 saturated carbocycles. The Kier molecular flexibility index (Phi) is 4.48. The second-order valence-electron chi connectivity index (χ2n) is 4.19. The largest absolute Gasteiger partial charge is 0.379 e. The van der Waals surface area contributed by atoms with E-state index >= 15 is 0 Å². The molecular weight excluding hydrogens is 278 g/mol. The van der Waals surface area contributed by atoms with Crippen LogP contribution in [0.4, 0.5) is 17.1 Å². The van der Waals surface area contributed by atoms with Gasteiger partial charge in [0, 0.05) is 24.1 Å². The molecule has 0 aliphatic carbocycles. The summed E-state index contributed by atoms with van der Waals surface area (Å²) < 4.78 is 0. The zero-order valence-electron chi connectivity index (χ0n) is 10.6. The van der Waals surface area contributed by atoms with Gasteiger partial charge in [0.15, 0.2) is 0 Å². The van der Waals surface area contributed by atoms with Crippen molar-refractivity contribution in [1.29, 1.82) is 0 Å². The molecule has 1 amide bonds. The van der Waals surface area contributed by atoms with Gasteiger partial charge in [-0.3, -0.25) is 14.9 Å². The molecule has 1 aliphatic rings. The van der Waals surface area contributed by atoms with Gasteiger partial charge < -0.3 is 10.6 Å². The summed E-state index contributed by atoms with van der Waals surface area (Å²) in [6.07, 6.45) is 5.33. The second-order valence-corrected chi connectivity index (χ2v) is 5.30. The van der Waals surface area contributed by atoms with E-state index in [-0.39, 0.29) is 18.0 Å². The first-order valence-electron chi connectivity index (χ1n) is 5.98. The van der Waals surface area contributed by atoms with Gasteiger partial charge in [0.2, 0.25) is 5.91 Å². The molecule has 0 spiro atoms. The van der Waals surface area contributed by atoms with Crippen LogP contribution in [-0.4, -0.2) is 28.9 Å². The van der Waals surface area contributed by atoms with Gasteiger partial charge in [0.25, 0.3) is 5.69 Å². The average Bonchev–Trinajstić information content (AvgIpc) is 2.76. The second kappa shape index (κ2) is 6.30. The Morgan fingerprint density at radius 3 is 3.05 bits per heavy atom. The highest BCUT2D eigenvalue weighted by Crippen LogP contribution is 2.34. The van der Waals surface area contributed by atoms with Crippen LogP contribution in [0.3, 0.4) is 0 Å². The van der Waals surface area contributed by atoms with Crippen molar-refractivity contribution in [3.8, 4) is 12.3 Å². The first-order chi connectivity index (χ1) is 9.61. The van der Waals surface area contributed by atoms with Gasteiger partial charge in [-0.25, -0.2) is 0 Å². The van der Waals surface area contributed by atoms with E-state index in [9.17, 15) is 14.9 Å². The molecule has 2 N–H and O–H groups in total. The summed E-state index contributed by atoms with van der Waals surface area (Å²) in [5.74, 6) is 3.74. The van der Waals surface area contributed by atoms with E-state index in [1.165, 1.54) is 6.07 Å². The van der Waals surface area contributed by atoms with E-state index in [1.54, 1.807) is 17.8 Å². The van der Waals surface area contributed by atoms with Crippen molar-refractivity contribution < 1.29 is 9.72 Å². The number of rotatable bonds is 6. The fourth-order valence-corrected chi connectivity index (χ4v) is 2.45. The van der Waals surface area contributed by atoms with Crippen LogP contribution >= 0.6 is 11.8 Å². The number of hydrogen-bond donors (Lipinski definition) is 2. The average molecular weight is 291 g/mol. The van der Waals surface area contributed by atoms with E-state index < -0.39 is 4.92 Å². The summed E-state index contributed by atoms with van der Waals surface area (Å²) >= 11 is 1.57. The Morgan fingerprint density at radius 2 is 2.35 bits per heavy atom. The number of carbonyl (C=O) groups excluding carboxylic acids is 1. The maximum Gasteiger partial charge on any atom is 0.292 e. The van der Waals surface area contributed by atoms with Crippen LogP contribution in [0.1, 0.15) is 5.56 Å². The molecule has 0 fully saturated rings. The van der Waals surface area contributed by atoms with Crippen molar-refractivity contribution in [2.24, 2.45) is 0 Å². The van der Waals surface area contributed by atoms with Crippen LogP contribution < -0.4 is 10.6 Å². The quantitative estimate of drug-likeness (QED) is 0.362. The van der Waals surface area contributed by atoms with E-state index in [4.69, 9.17) is 6.42 Å². The van der Waals surface area contributed by atoms with Crippen molar-refractivity contribution in [3.05, 3.63) is 27.8 Å². The SMILES string of the molecule is C#CCSCCNc1cc2c(cc1[N+](=O)[O-])CC(=O)N2. The molecule has 104 valence electrons. The predicted molar refractivity (Wildman–Crippen MR) is 80.1 cm³/mol. The molecule has 0 saturated heterocycles. The number of benzene rings is 1. The molecule has 1 heterocycles. The molecule has 0 unspecified atom stereocenters. The van der Waals surface area contributed by atoms with Crippen LogP contribution in [0.2, 0.25) is 0 Å². The van der Waals surface area contributed by atoms with Gasteiger partial charge in [-0.2, -0.15) is 0 Å². The number of nitro benzene ring substituents is 1. The van der Waals surface area contributed by atoms with Crippen molar-refractivity contribution in [2.45, 2.75) is 6.42 Å². The molecule has 0 radical (unpaired) electrons. The summed E-state index contributed by atoms with van der Waals surface area (Å²) in [5.41, 5.74) is 1.70. The van der Waals surface area contributed by atoms with E-state index in [2.05, 4.69) is 16.6 Å². The lowest BCUT2D eigenvalue weighted by Crippen LogP contribution is -2.07. The number of carbonyl (C=O) groups is 1. The first-order valence-corrected chi connectivity index (χ1v) is 7.13. The van der Waals surface area contributed by atoms with Crippen molar-refractivity contribution in [1.82, 2.24) is 0 Å². The third kappa shape index (κ3) is 3.22. The van der Waals surface area contributed by atoms with E-state index in [1.807, 2.05) is 0 Å². The third-order valence-corrected chi connectivity index (χ3v) is 3.65. The highest BCUT2D eigenvalue weighted by Gasteiger charge is 2.24. The number of thioether (sulfide) groups is 1. The Labute approximate surface area is 120 Å². The van der Waals surface area contributed by atoms with Gasteiger partial charge in [0.1, 0.15) is 5.69 Å². The normalized spacial score (nSPS) is 12.4. The number of terminal acetylenes is 1. The molecule has 2 rings (SSSR count). The van der Waals surface area contributed by atoms with Crippen LogP contribution in [0.25, 0.3) is 0 Å². The number of nitrogens with zero attached hydrogens (tertiary/aromatic N) is 1. The molecule has 1 aliphatic heterocycles. The van der Waals surface area contributed by atoms with Gasteiger partial charge in [-0.05, 0) is 11.6 Å². The predicted octanol–water partition coefficient (Wildman–Crippen LogP) is 1.87. The van der Waals surface area contributed by atoms with Gasteiger partial charge in [-0.1, -0.05) is 5.92 Å². The molecule has 0 aromatic heterocycles. The highest BCUT2D eigenvalue weighted by atomic mass is 32.2. The summed E-state index contributed by atoms with van der Waals surface area (Å²) in [7, 11) is 0. The minimum absolute atomic E-state index is 0.0119. The van der Waals surface area contributed by atoms with Gasteiger partial charge >= 0.3 is 0 Å². The van der Waals surface area contributed by atoms with Gasteiger partial charge in [-0.15, -0.1) is 18.2 Å². The summed E-state index contributed by atoms with van der Waals surface area (Å²) in [5, 5.41) is 16.8. The Morgan fingerprint density at radius 1 is 1.55 bits per heavy atom. The van der Waals surface area contributed by atoms with Crippen LogP contribution in [0, 0.1) is 22.5 Å². The zero-order chi connectivity index (χ0) is 14.5. The summed E-state index contributed by atoms with van der Waals surface area (Å²) in [6.45, 7) is 0.569. The third-order valence-electron chi connectivity index (χ3n) is 2.79. The van der Waals surface area contributed by atoms with E-state index in [0.717, 1.165) is 5.75 Å². The van der Waals surface area contributed by atoms with Crippen LogP contribution in [0.5, 0.6) is 0 Å². The van der Waals surface area contributed by atoms with Crippen LogP contribution in [0.15, 0.2) is 12.1 Å². The number of anilines is 2. The first kappa shape index (κ1) is 14.2. The fraction of sp³-hybridized carbons (Fsp3) is 0.308. The highest BCUT2D eigenvalue weighted by molar-refractivity contribution is 7.99. The lowest BCUT2D eigenvalue weighted by Gasteiger charge is -2.08. The smallest absolute Gasteiger partial charge is 0.292 e. The van der Waals surface area contributed by atoms with E-state index in [0.29, 0.717) is 29.2 Å². The van der Waals surface area contributed by atoms with Crippen molar-refractivity contribution in [3.63, 3.8) is 0 Å². The molecule has 7 heteroatoms. The summed E-state index contributed by atoms with van der Waals surface area (Å²) in [6, 6.07) is 3.06. The van der Waals surface area contributed by atoms with Crippen LogP contribution in [-0.2, 0) is 11.2 Å². The van der Waals surface area contributed by atoms with Gasteiger partial charge in [0.05, 0.1) is 17.1 Å². The molecular formula is C13H13N3O3S. The summed E-state index contributed by atoms with van der Waals surface area (Å²) in [4.78, 5) is 21.9. The van der Waals surface area contributed by atoms with Crippen molar-refractivity contribution >= 4 is 34.7 Å². The molecule has 1 aromatic rings. The number of hydrogen-bond acceptors (Lipinski definition) is 5. The van der Waals surface area contributed by atoms with Crippen molar-refractivity contribution in [2.75, 3.05) is 28.7 Å². The Hall–Kier alpha value is -2.20. The maximum absolute atomic E-state index is 11.3. The lowest BCUT2D eigenvalue weighted by molar-refractivity contribution is -0.384. The number of fused-ring (bicyclic) bond motifs is 1. The minimum atomic E-state index is -0.444. The molecule has 20 heavy (non-hydrogen) atoms. The number of nitro groups is 1. The monoisotopic (exact) mass is 291 g/mol. The zero-order valence-corrected chi connectivity index (χ0v) is 11.5. The molecule has 0 atom stereocenters. The minimum Gasteiger partial charge on any atom is -0.379 e. The number of nitrogens with one attached hydrogen (secondary N) is 2.